The minimum atomic E-state index is -4.60. The first-order valence-electron chi connectivity index (χ1n) is 17.4. The van der Waals surface area contributed by atoms with Gasteiger partial charge in [0.25, 0.3) is 0 Å². The second kappa shape index (κ2) is 13.3. The van der Waals surface area contributed by atoms with Crippen molar-refractivity contribution < 1.29 is 37.5 Å². The van der Waals surface area contributed by atoms with Crippen LogP contribution >= 0.6 is 7.75 Å². The van der Waals surface area contributed by atoms with Crippen molar-refractivity contribution in [1.82, 2.24) is 19.6 Å². The number of hydrogen-bond donors (Lipinski definition) is 2. The number of anilines is 1. The lowest BCUT2D eigenvalue weighted by Crippen LogP contribution is -2.37. The molecule has 3 N–H and O–H groups in total. The average molecular weight is 627 g/mol. The normalized spacial score (nSPS) is 17.8. The second-order valence-corrected chi connectivity index (χ2v) is 11.7. The zero-order valence-electron chi connectivity index (χ0n) is 31.4. The van der Waals surface area contributed by atoms with Gasteiger partial charge in [0.15, 0.2) is 5.82 Å². The zero-order chi connectivity index (χ0) is 37.4. The molecule has 0 fully saturated rings. The molecule has 0 saturated carbocycles. The summed E-state index contributed by atoms with van der Waals surface area (Å²) in [6.45, 7) is -1.94. The maximum atomic E-state index is 14.6. The van der Waals surface area contributed by atoms with Crippen LogP contribution in [-0.4, -0.2) is 45.3 Å². The van der Waals surface area contributed by atoms with E-state index in [-0.39, 0.29) is 24.7 Å². The van der Waals surface area contributed by atoms with Gasteiger partial charge in [-0.25, -0.2) is 14.5 Å². The molecule has 0 bridgehead atoms. The van der Waals surface area contributed by atoms with Gasteiger partial charge in [0.05, 0.1) is 31.1 Å². The van der Waals surface area contributed by atoms with E-state index in [9.17, 15) is 9.36 Å². The Labute approximate surface area is 266 Å². The van der Waals surface area contributed by atoms with Crippen LogP contribution in [0.3, 0.4) is 0 Å². The van der Waals surface area contributed by atoms with Crippen LogP contribution in [-0.2, 0) is 36.5 Å². The number of nitrogens with two attached hydrogens (primary N) is 1. The Kier molecular flexibility index (Phi) is 7.07. The molecule has 0 amide bonds. The van der Waals surface area contributed by atoms with Crippen LogP contribution in [0.15, 0.2) is 66.7 Å². The molecule has 232 valence electrons. The first-order chi connectivity index (χ1) is 23.9. The Hall–Kier alpha value is -4.02. The first-order valence-corrected chi connectivity index (χ1v) is 15.5. The largest absolute Gasteiger partial charge is 0.462 e. The summed E-state index contributed by atoms with van der Waals surface area (Å²) >= 11 is 0. The molecule has 2 aromatic heterocycles. The fourth-order valence-corrected chi connectivity index (χ4v) is 6.52. The van der Waals surface area contributed by atoms with Crippen molar-refractivity contribution in [2.75, 3.05) is 12.3 Å². The van der Waals surface area contributed by atoms with E-state index in [0.717, 1.165) is 23.1 Å². The van der Waals surface area contributed by atoms with Crippen LogP contribution in [0.5, 0.6) is 5.75 Å². The van der Waals surface area contributed by atoms with Gasteiger partial charge in [0.2, 0.25) is 0 Å². The molecule has 3 atom stereocenters. The highest BCUT2D eigenvalue weighted by molar-refractivity contribution is 7.52. The molecule has 0 aliphatic rings. The molecule has 0 aliphatic heterocycles. The number of pyridine rings is 1. The van der Waals surface area contributed by atoms with E-state index in [4.69, 9.17) is 38.8 Å². The van der Waals surface area contributed by atoms with Crippen LogP contribution in [0.4, 0.5) is 5.82 Å². The number of aromatic nitrogens is 3. The number of rotatable bonds is 13. The molecular formula is C32H38N5O6P. The van der Waals surface area contributed by atoms with E-state index in [1.165, 1.54) is 0 Å². The minimum absolute atomic E-state index is 0.0336. The Morgan fingerprint density at radius 3 is 2.61 bits per heavy atom. The fraction of sp³-hybridized carbons (Fsp3) is 0.344. The van der Waals surface area contributed by atoms with Crippen LogP contribution < -0.4 is 15.3 Å². The summed E-state index contributed by atoms with van der Waals surface area (Å²) < 4.78 is 92.5. The van der Waals surface area contributed by atoms with Crippen molar-refractivity contribution in [1.29, 1.82) is 0 Å². The third kappa shape index (κ3) is 7.03. The van der Waals surface area contributed by atoms with Crippen LogP contribution in [0.1, 0.15) is 49.9 Å². The Bertz CT molecular complexity index is 2090. The van der Waals surface area contributed by atoms with E-state index in [1.54, 1.807) is 25.1 Å². The maximum Gasteiger partial charge on any atom is 0.459 e. The van der Waals surface area contributed by atoms with Crippen molar-refractivity contribution in [3.05, 3.63) is 72.6 Å². The smallest absolute Gasteiger partial charge is 0.459 e. The summed E-state index contributed by atoms with van der Waals surface area (Å²) in [5, 5.41) is 4.82. The van der Waals surface area contributed by atoms with Gasteiger partial charge >= 0.3 is 13.7 Å². The number of fused-ring (bicyclic) bond motifs is 4. The Morgan fingerprint density at radius 1 is 1.09 bits per heavy atom. The minimum Gasteiger partial charge on any atom is -0.462 e. The molecule has 0 saturated heterocycles. The maximum absolute atomic E-state index is 14.6. The second-order valence-electron chi connectivity index (χ2n) is 10.1. The summed E-state index contributed by atoms with van der Waals surface area (Å²) in [5.74, 6) is -0.687. The number of nitrogens with zero attached hydrogens (tertiary/aromatic N) is 3. The highest BCUT2D eigenvalue weighted by Crippen LogP contribution is 2.47. The molecule has 5 rings (SSSR count). The SMILES string of the molecule is [2H]C([2H])([2H])C([2H])(OC(=O)[C@H](C)N[P@@](=O)(Oc1ccc2ccccc2c1)O[C@H](C)Cn1c(COCC)nc2c(N)nc3ccccc3c21)C([2H])([2H])[2H]. The van der Waals surface area contributed by atoms with E-state index >= 15 is 0 Å². The monoisotopic (exact) mass is 626 g/mol. The zero-order valence-corrected chi connectivity index (χ0v) is 25.3. The standard InChI is InChI=1S/C32H38N5O6P/c1-6-40-19-28-35-29-30(26-13-9-10-14-27(26)34-31(29)33)37(28)18-21(4)42-44(39,36-22(5)32(38)41-20(2)3)43-25-16-15-23-11-7-8-12-24(23)17-25/h7-17,20-22H,6,18-19H2,1-5H3,(H2,33,34)(H,36,39)/t21-,22+,44+/m1/s1/i2D3,3D3,20D. The Morgan fingerprint density at radius 2 is 1.84 bits per heavy atom. The molecule has 5 aromatic rings. The highest BCUT2D eigenvalue weighted by atomic mass is 31.2. The van der Waals surface area contributed by atoms with Gasteiger partial charge in [-0.1, -0.05) is 48.5 Å². The number of hydrogen-bond acceptors (Lipinski definition) is 9. The number of nitrogens with one attached hydrogen (secondary N) is 1. The number of para-hydroxylation sites is 1. The van der Waals surface area contributed by atoms with Crippen LogP contribution in [0.2, 0.25) is 0 Å². The number of nitrogen functional groups attached to an aromatic ring is 1. The van der Waals surface area contributed by atoms with E-state index in [2.05, 4.69) is 10.1 Å². The molecule has 0 radical (unpaired) electrons. The molecule has 11 nitrogen and oxygen atoms in total. The molecule has 0 spiro atoms. The van der Waals surface area contributed by atoms with Crippen molar-refractivity contribution in [3.8, 4) is 5.75 Å². The molecule has 3 aromatic carbocycles. The summed E-state index contributed by atoms with van der Waals surface area (Å²) in [7, 11) is -4.60. The predicted molar refractivity (Wildman–Crippen MR) is 171 cm³/mol. The fourth-order valence-electron chi connectivity index (χ4n) is 4.85. The lowest BCUT2D eigenvalue weighted by molar-refractivity contribution is -0.149. The van der Waals surface area contributed by atoms with Gasteiger partial charge in [-0.15, -0.1) is 0 Å². The van der Waals surface area contributed by atoms with Gasteiger partial charge in [-0.2, -0.15) is 5.09 Å². The van der Waals surface area contributed by atoms with Crippen LogP contribution in [0.25, 0.3) is 32.7 Å². The van der Waals surface area contributed by atoms with E-state index < -0.39 is 45.6 Å². The third-order valence-electron chi connectivity index (χ3n) is 6.74. The number of carbonyl (C=O) groups excluding carboxylic acids is 1. The summed E-state index contributed by atoms with van der Waals surface area (Å²) in [4.78, 5) is 22.3. The van der Waals surface area contributed by atoms with Crippen molar-refractivity contribution in [3.63, 3.8) is 0 Å². The van der Waals surface area contributed by atoms with Crippen LogP contribution in [0, 0.1) is 0 Å². The van der Waals surface area contributed by atoms with Crippen molar-refractivity contribution in [2.24, 2.45) is 0 Å². The topological polar surface area (TPSA) is 140 Å². The van der Waals surface area contributed by atoms with Gasteiger partial charge in [-0.05, 0) is 63.4 Å². The van der Waals surface area contributed by atoms with E-state index in [0.29, 0.717) is 29.0 Å². The number of imidazole rings is 1. The third-order valence-corrected chi connectivity index (χ3v) is 8.53. The summed E-state index contributed by atoms with van der Waals surface area (Å²) in [5.41, 5.74) is 8.01. The first kappa shape index (κ1) is 23.4. The Balaban J connectivity index is 1.50. The molecule has 2 heterocycles. The molecule has 44 heavy (non-hydrogen) atoms. The molecule has 12 heteroatoms. The highest BCUT2D eigenvalue weighted by Gasteiger charge is 2.35. The number of esters is 1. The van der Waals surface area contributed by atoms with Gasteiger partial charge in [0, 0.05) is 20.2 Å². The lowest BCUT2D eigenvalue weighted by Gasteiger charge is -2.26. The van der Waals surface area contributed by atoms with Gasteiger partial charge < -0.3 is 24.3 Å². The molecule has 0 aliphatic carbocycles. The number of carbonyl (C=O) groups is 1. The van der Waals surface area contributed by atoms with Gasteiger partial charge in [-0.3, -0.25) is 9.32 Å². The molecular weight excluding hydrogens is 581 g/mol. The lowest BCUT2D eigenvalue weighted by atomic mass is 10.1. The summed E-state index contributed by atoms with van der Waals surface area (Å²) in [6, 6.07) is 17.9. The predicted octanol–water partition coefficient (Wildman–Crippen LogP) is 6.38. The summed E-state index contributed by atoms with van der Waals surface area (Å²) in [6.07, 6.45) is -4.54. The van der Waals surface area contributed by atoms with Crippen molar-refractivity contribution in [2.45, 2.75) is 65.9 Å². The number of benzene rings is 3. The quantitative estimate of drug-likeness (QED) is 0.112. The van der Waals surface area contributed by atoms with Crippen molar-refractivity contribution >= 4 is 52.2 Å². The molecule has 0 unspecified atom stereocenters. The van der Waals surface area contributed by atoms with Gasteiger partial charge in [0.1, 0.15) is 29.7 Å². The average Bonchev–Trinajstić information content (AvgIpc) is 3.40. The number of ether oxygens (including phenoxy) is 2. The van der Waals surface area contributed by atoms with E-state index in [1.807, 2.05) is 60.0 Å².